The van der Waals surface area contributed by atoms with Crippen LogP contribution in [-0.4, -0.2) is 100.0 Å². The number of ether oxygens (including phenoxy) is 4. The fraction of sp³-hybridized carbons (Fsp3) is 0.929. The number of primary amides is 1. The van der Waals surface area contributed by atoms with E-state index in [1.165, 1.54) is 0 Å². The third-order valence-electron chi connectivity index (χ3n) is 4.34. The molecule has 6 unspecified atom stereocenters. The minimum Gasteiger partial charge on any atom is -0.443 e. The van der Waals surface area contributed by atoms with Gasteiger partial charge in [-0.2, -0.15) is 0 Å². The molecule has 146 valence electrons. The highest BCUT2D eigenvalue weighted by molar-refractivity contribution is 5.64. The zero-order valence-corrected chi connectivity index (χ0v) is 13.7. The molecule has 7 N–H and O–H groups in total. The molecule has 2 rings (SSSR count). The average molecular weight is 367 g/mol. The lowest BCUT2D eigenvalue weighted by molar-refractivity contribution is -0.323. The van der Waals surface area contributed by atoms with E-state index in [0.29, 0.717) is 0 Å². The van der Waals surface area contributed by atoms with E-state index in [1.807, 2.05) is 0 Å². The molecule has 2 heterocycles. The van der Waals surface area contributed by atoms with Crippen molar-refractivity contribution in [3.05, 3.63) is 0 Å². The minimum absolute atomic E-state index is 0.00888. The van der Waals surface area contributed by atoms with Crippen LogP contribution in [-0.2, 0) is 18.9 Å². The van der Waals surface area contributed by atoms with E-state index in [4.69, 9.17) is 29.8 Å². The van der Waals surface area contributed by atoms with E-state index < -0.39 is 74.4 Å². The number of rotatable bonds is 5. The van der Waals surface area contributed by atoms with Crippen LogP contribution >= 0.6 is 0 Å². The summed E-state index contributed by atoms with van der Waals surface area (Å²) in [6.45, 7) is 0.650. The first-order valence-electron chi connectivity index (χ1n) is 7.96. The van der Waals surface area contributed by atoms with Gasteiger partial charge in [0.25, 0.3) is 0 Å². The molecule has 0 aromatic rings. The average Bonchev–Trinajstić information content (AvgIpc) is 2.57. The van der Waals surface area contributed by atoms with Gasteiger partial charge in [-0.1, -0.05) is 0 Å². The first kappa shape index (κ1) is 20.3. The summed E-state index contributed by atoms with van der Waals surface area (Å²) in [5, 5.41) is 48.8. The van der Waals surface area contributed by atoms with E-state index in [9.17, 15) is 25.2 Å². The van der Waals surface area contributed by atoms with Crippen LogP contribution in [0.3, 0.4) is 0 Å². The summed E-state index contributed by atoms with van der Waals surface area (Å²) in [5.41, 5.74) is 4.96. The van der Waals surface area contributed by atoms with Crippen LogP contribution in [0.2, 0.25) is 0 Å². The number of hydrogen-bond donors (Lipinski definition) is 6. The Morgan fingerprint density at radius 3 is 2.36 bits per heavy atom. The molecule has 1 amide bonds. The molecule has 9 atom stereocenters. The Kier molecular flexibility index (Phi) is 6.93. The Morgan fingerprint density at radius 2 is 1.80 bits per heavy atom. The van der Waals surface area contributed by atoms with Gasteiger partial charge in [0.05, 0.1) is 25.4 Å². The summed E-state index contributed by atoms with van der Waals surface area (Å²) in [6.07, 6.45) is -11.4. The third kappa shape index (κ3) is 4.57. The lowest BCUT2D eigenvalue weighted by atomic mass is 9.95. The number of hydrogen-bond acceptors (Lipinski definition) is 10. The number of carbonyl (C=O) groups is 1. The largest absolute Gasteiger partial charge is 0.443 e. The van der Waals surface area contributed by atoms with Crippen LogP contribution in [0, 0.1) is 0 Å². The lowest BCUT2D eigenvalue weighted by Crippen LogP contribution is -2.61. The van der Waals surface area contributed by atoms with Gasteiger partial charge in [0.2, 0.25) is 0 Å². The monoisotopic (exact) mass is 367 g/mol. The predicted octanol–water partition coefficient (Wildman–Crippen LogP) is -3.19. The van der Waals surface area contributed by atoms with Crippen molar-refractivity contribution in [3.63, 3.8) is 0 Å². The van der Waals surface area contributed by atoms with Crippen LogP contribution < -0.4 is 5.73 Å². The number of carbonyl (C=O) groups excluding carboxylic acids is 1. The molecule has 2 saturated heterocycles. The molecule has 0 aliphatic carbocycles. The van der Waals surface area contributed by atoms with Crippen LogP contribution in [0.25, 0.3) is 0 Å². The summed E-state index contributed by atoms with van der Waals surface area (Å²) >= 11 is 0. The molecule has 25 heavy (non-hydrogen) atoms. The third-order valence-corrected chi connectivity index (χ3v) is 4.34. The van der Waals surface area contributed by atoms with Crippen molar-refractivity contribution in [2.24, 2.45) is 5.73 Å². The second-order valence-corrected chi connectivity index (χ2v) is 6.15. The Morgan fingerprint density at radius 1 is 1.12 bits per heavy atom. The summed E-state index contributed by atoms with van der Waals surface area (Å²) in [7, 11) is 0. The van der Waals surface area contributed by atoms with Gasteiger partial charge in [0.15, 0.2) is 6.29 Å². The van der Waals surface area contributed by atoms with Gasteiger partial charge in [-0.15, -0.1) is 0 Å². The molecule has 0 aromatic carbocycles. The summed E-state index contributed by atoms with van der Waals surface area (Å²) in [5.74, 6) is 0. The van der Waals surface area contributed by atoms with Gasteiger partial charge in [-0.25, -0.2) is 4.79 Å². The maximum atomic E-state index is 10.9. The number of nitrogens with two attached hydrogens (primary N) is 1. The molecule has 2 fully saturated rings. The van der Waals surface area contributed by atoms with Gasteiger partial charge in [0, 0.05) is 6.42 Å². The Bertz CT molecular complexity index is 451. The van der Waals surface area contributed by atoms with E-state index in [1.54, 1.807) is 6.92 Å². The van der Waals surface area contributed by atoms with Crippen molar-refractivity contribution in [2.45, 2.75) is 68.5 Å². The molecule has 2 aliphatic rings. The topological polar surface area (TPSA) is 181 Å². The first-order chi connectivity index (χ1) is 11.8. The summed E-state index contributed by atoms with van der Waals surface area (Å²) < 4.78 is 21.1. The van der Waals surface area contributed by atoms with Gasteiger partial charge in [-0.3, -0.25) is 0 Å². The van der Waals surface area contributed by atoms with Crippen LogP contribution in [0.5, 0.6) is 0 Å². The van der Waals surface area contributed by atoms with Crippen LogP contribution in [0.15, 0.2) is 0 Å². The molecule has 0 aromatic heterocycles. The molecule has 0 radical (unpaired) electrons. The van der Waals surface area contributed by atoms with Crippen molar-refractivity contribution < 1.29 is 49.3 Å². The van der Waals surface area contributed by atoms with Crippen molar-refractivity contribution in [1.29, 1.82) is 0 Å². The fourth-order valence-electron chi connectivity index (χ4n) is 3.02. The Hall–Kier alpha value is -1.05. The van der Waals surface area contributed by atoms with Gasteiger partial charge in [0.1, 0.15) is 36.6 Å². The molecule has 2 aliphatic heterocycles. The highest BCUT2D eigenvalue weighted by Gasteiger charge is 2.47. The standard InChI is InChI=1S/C14H25NO10/c1-5-12(11(20)9(18)8(4-17)22-5)25-13-10(19)7(24-14(15)21)2-6(3-16)23-13/h5-13,16-20H,2-4H2,1H3,(H2,15,21)/t5?,6?,7?,8-,9+,10?,11?,12?,13+/m0/s1. The lowest BCUT2D eigenvalue weighted by Gasteiger charge is -2.44. The maximum Gasteiger partial charge on any atom is 0.404 e. The Labute approximate surface area is 143 Å². The molecule has 0 spiro atoms. The first-order valence-corrected chi connectivity index (χ1v) is 7.96. The zero-order valence-electron chi connectivity index (χ0n) is 13.7. The predicted molar refractivity (Wildman–Crippen MR) is 79.1 cm³/mol. The van der Waals surface area contributed by atoms with E-state index in [-0.39, 0.29) is 6.42 Å². The maximum absolute atomic E-state index is 10.9. The highest BCUT2D eigenvalue weighted by atomic mass is 16.7. The normalized spacial score (nSPS) is 45.1. The van der Waals surface area contributed by atoms with Crippen molar-refractivity contribution in [1.82, 2.24) is 0 Å². The number of amides is 1. The smallest absolute Gasteiger partial charge is 0.404 e. The molecule has 0 bridgehead atoms. The highest BCUT2D eigenvalue weighted by Crippen LogP contribution is 2.29. The SMILES string of the molecule is CC1O[C@@H](CO)[C@@H](O)C(O)C1O[C@H]1OC(CO)CC(OC(N)=O)C1O. The zero-order chi connectivity index (χ0) is 18.7. The van der Waals surface area contributed by atoms with Crippen LogP contribution in [0.1, 0.15) is 13.3 Å². The summed E-state index contributed by atoms with van der Waals surface area (Å²) in [4.78, 5) is 10.9. The van der Waals surface area contributed by atoms with E-state index in [0.717, 1.165) is 0 Å². The number of aliphatic hydroxyl groups excluding tert-OH is 5. The number of aliphatic hydroxyl groups is 5. The molecule has 11 heteroatoms. The Balaban J connectivity index is 2.09. The van der Waals surface area contributed by atoms with Crippen LogP contribution in [0.4, 0.5) is 4.79 Å². The van der Waals surface area contributed by atoms with Gasteiger partial charge >= 0.3 is 6.09 Å². The van der Waals surface area contributed by atoms with Crippen molar-refractivity contribution in [2.75, 3.05) is 13.2 Å². The quantitative estimate of drug-likeness (QED) is 0.289. The minimum atomic E-state index is -1.43. The van der Waals surface area contributed by atoms with Gasteiger partial charge in [-0.05, 0) is 6.92 Å². The fourth-order valence-corrected chi connectivity index (χ4v) is 3.02. The van der Waals surface area contributed by atoms with Crippen molar-refractivity contribution >= 4 is 6.09 Å². The van der Waals surface area contributed by atoms with Crippen molar-refractivity contribution in [3.8, 4) is 0 Å². The van der Waals surface area contributed by atoms with Gasteiger partial charge < -0.3 is 50.2 Å². The second kappa shape index (κ2) is 8.56. The summed E-state index contributed by atoms with van der Waals surface area (Å²) in [6, 6.07) is 0. The molecule has 0 saturated carbocycles. The van der Waals surface area contributed by atoms with E-state index >= 15 is 0 Å². The molecular weight excluding hydrogens is 342 g/mol. The van der Waals surface area contributed by atoms with E-state index in [2.05, 4.69) is 0 Å². The second-order valence-electron chi connectivity index (χ2n) is 6.15. The molecule has 11 nitrogen and oxygen atoms in total. The molecular formula is C14H25NO10.